The quantitative estimate of drug-likeness (QED) is 0.479. The van der Waals surface area contributed by atoms with E-state index in [0.29, 0.717) is 0 Å². The van der Waals surface area contributed by atoms with Crippen LogP contribution in [0.5, 0.6) is 0 Å². The van der Waals surface area contributed by atoms with E-state index in [-0.39, 0.29) is 10.8 Å². The first-order valence-corrected chi connectivity index (χ1v) is 3.49. The average Bonchev–Trinajstić information content (AvgIpc) is 1.84. The smallest absolute Gasteiger partial charge is 0.192 e. The molecule has 0 radical (unpaired) electrons. The number of carbonyl (C=O) groups excluding carboxylic acids is 1. The fourth-order valence-corrected chi connectivity index (χ4v) is 0.688. The van der Waals surface area contributed by atoms with Crippen LogP contribution in [0.1, 0.15) is 6.92 Å². The van der Waals surface area contributed by atoms with Crippen LogP contribution in [0.3, 0.4) is 0 Å². The van der Waals surface area contributed by atoms with E-state index in [9.17, 15) is 4.79 Å². The van der Waals surface area contributed by atoms with Crippen molar-refractivity contribution in [1.29, 1.82) is 0 Å². The van der Waals surface area contributed by atoms with Crippen LogP contribution in [0.2, 0.25) is 0 Å². The van der Waals surface area contributed by atoms with Crippen LogP contribution >= 0.6 is 34.8 Å². The molecule has 52 valence electrons. The molecule has 1 atom stereocenters. The molecular weight excluding hydrogens is 182 g/mol. The third kappa shape index (κ3) is 3.09. The minimum absolute atomic E-state index is 0.0285. The van der Waals surface area contributed by atoms with Crippen LogP contribution < -0.4 is 0 Å². The van der Waals surface area contributed by atoms with Gasteiger partial charge in [0.25, 0.3) is 0 Å². The molecule has 0 aliphatic rings. The zero-order valence-electron chi connectivity index (χ0n) is 4.70. The second kappa shape index (κ2) is 4.15. The predicted molar refractivity (Wildman–Crippen MR) is 40.1 cm³/mol. The van der Waals surface area contributed by atoms with Gasteiger partial charge < -0.3 is 0 Å². The molecule has 9 heavy (non-hydrogen) atoms. The average molecular weight is 187 g/mol. The van der Waals surface area contributed by atoms with E-state index in [1.807, 2.05) is 0 Å². The molecule has 0 aliphatic carbocycles. The van der Waals surface area contributed by atoms with Crippen LogP contribution in [-0.4, -0.2) is 11.2 Å². The molecule has 0 aliphatic heterocycles. The lowest BCUT2D eigenvalue weighted by Crippen LogP contribution is -2.09. The molecular formula is C5H5Cl3O. The molecule has 0 saturated heterocycles. The molecule has 4 heteroatoms. The van der Waals surface area contributed by atoms with E-state index >= 15 is 0 Å². The Hall–Kier alpha value is 0.280. The molecule has 0 rings (SSSR count). The first kappa shape index (κ1) is 9.28. The zero-order valence-corrected chi connectivity index (χ0v) is 6.96. The monoisotopic (exact) mass is 186 g/mol. The summed E-state index contributed by atoms with van der Waals surface area (Å²) in [7, 11) is 0. The van der Waals surface area contributed by atoms with E-state index < -0.39 is 5.38 Å². The highest BCUT2D eigenvalue weighted by Crippen LogP contribution is 2.10. The molecule has 0 N–H and O–H groups in total. The van der Waals surface area contributed by atoms with Gasteiger partial charge in [0.2, 0.25) is 0 Å². The highest BCUT2D eigenvalue weighted by molar-refractivity contribution is 6.50. The Labute approximate surface area is 68.6 Å². The van der Waals surface area contributed by atoms with Gasteiger partial charge in [-0.1, -0.05) is 23.2 Å². The van der Waals surface area contributed by atoms with Gasteiger partial charge in [-0.3, -0.25) is 4.79 Å². The number of halogens is 3. The maximum Gasteiger partial charge on any atom is 0.192 e. The molecule has 0 aromatic carbocycles. The van der Waals surface area contributed by atoms with E-state index in [2.05, 4.69) is 0 Å². The number of carbonyl (C=O) groups is 1. The lowest BCUT2D eigenvalue weighted by molar-refractivity contribution is -0.114. The van der Waals surface area contributed by atoms with Crippen molar-refractivity contribution in [2.24, 2.45) is 0 Å². The van der Waals surface area contributed by atoms with Gasteiger partial charge in [0.05, 0.1) is 10.4 Å². The van der Waals surface area contributed by atoms with Gasteiger partial charge in [-0.05, 0) is 6.92 Å². The van der Waals surface area contributed by atoms with Gasteiger partial charge in [-0.15, -0.1) is 11.6 Å². The van der Waals surface area contributed by atoms with Gasteiger partial charge in [-0.2, -0.15) is 0 Å². The molecule has 0 aromatic rings. The molecule has 0 heterocycles. The zero-order chi connectivity index (χ0) is 7.44. The van der Waals surface area contributed by atoms with Crippen molar-refractivity contribution in [2.75, 3.05) is 0 Å². The lowest BCUT2D eigenvalue weighted by atomic mass is 10.3. The molecule has 0 bridgehead atoms. The van der Waals surface area contributed by atoms with Crippen LogP contribution in [0.4, 0.5) is 0 Å². The number of alkyl halides is 1. The lowest BCUT2D eigenvalue weighted by Gasteiger charge is -1.96. The molecule has 0 fully saturated rings. The number of rotatable bonds is 2. The standard InChI is InChI=1S/C5H5Cl3O/c1-3(7)5(9)4(8)2-6/h2-3H,1H3. The first-order valence-electron chi connectivity index (χ1n) is 2.23. The van der Waals surface area contributed by atoms with Crippen molar-refractivity contribution < 1.29 is 4.79 Å². The van der Waals surface area contributed by atoms with Crippen molar-refractivity contribution >= 4 is 40.6 Å². The Kier molecular flexibility index (Phi) is 4.28. The van der Waals surface area contributed by atoms with Crippen molar-refractivity contribution in [1.82, 2.24) is 0 Å². The van der Waals surface area contributed by atoms with Gasteiger partial charge in [0.15, 0.2) is 5.78 Å². The summed E-state index contributed by atoms with van der Waals surface area (Å²) in [4.78, 5) is 10.7. The molecule has 1 nitrogen and oxygen atoms in total. The first-order chi connectivity index (χ1) is 4.09. The summed E-state index contributed by atoms with van der Waals surface area (Å²) in [5.41, 5.74) is 1.00. The summed E-state index contributed by atoms with van der Waals surface area (Å²) in [6.07, 6.45) is 0. The maximum atomic E-state index is 10.7. The Balaban J connectivity index is 4.06. The fourth-order valence-electron chi connectivity index (χ4n) is 0.244. The van der Waals surface area contributed by atoms with Gasteiger partial charge in [0, 0.05) is 5.54 Å². The van der Waals surface area contributed by atoms with E-state index in [1.54, 1.807) is 0 Å². The van der Waals surface area contributed by atoms with E-state index in [0.717, 1.165) is 5.54 Å². The van der Waals surface area contributed by atoms with Crippen molar-refractivity contribution in [2.45, 2.75) is 12.3 Å². The Bertz CT molecular complexity index is 139. The second-order valence-electron chi connectivity index (χ2n) is 1.44. The highest BCUT2D eigenvalue weighted by atomic mass is 35.5. The van der Waals surface area contributed by atoms with Crippen LogP contribution in [0.15, 0.2) is 10.6 Å². The van der Waals surface area contributed by atoms with Gasteiger partial charge >= 0.3 is 0 Å². The Morgan fingerprint density at radius 2 is 2.11 bits per heavy atom. The molecule has 0 spiro atoms. The number of allylic oxidation sites excluding steroid dienone is 1. The van der Waals surface area contributed by atoms with Crippen LogP contribution in [-0.2, 0) is 4.79 Å². The summed E-state index contributed by atoms with van der Waals surface area (Å²) < 4.78 is 0. The molecule has 1 unspecified atom stereocenters. The molecule has 0 amide bonds. The van der Waals surface area contributed by atoms with E-state index in [4.69, 9.17) is 34.8 Å². The fraction of sp³-hybridized carbons (Fsp3) is 0.400. The Morgan fingerprint density at radius 1 is 1.67 bits per heavy atom. The van der Waals surface area contributed by atoms with Crippen molar-refractivity contribution in [3.05, 3.63) is 10.6 Å². The third-order valence-corrected chi connectivity index (χ3v) is 1.52. The van der Waals surface area contributed by atoms with Crippen molar-refractivity contribution in [3.8, 4) is 0 Å². The third-order valence-electron chi connectivity index (χ3n) is 0.692. The largest absolute Gasteiger partial charge is 0.291 e. The summed E-state index contributed by atoms with van der Waals surface area (Å²) in [6, 6.07) is 0. The summed E-state index contributed by atoms with van der Waals surface area (Å²) >= 11 is 15.8. The predicted octanol–water partition coefficient (Wildman–Crippen LogP) is 2.50. The number of hydrogen-bond acceptors (Lipinski definition) is 1. The minimum Gasteiger partial charge on any atom is -0.291 e. The maximum absolute atomic E-state index is 10.7. The van der Waals surface area contributed by atoms with Gasteiger partial charge in [0.1, 0.15) is 0 Å². The topological polar surface area (TPSA) is 17.1 Å². The minimum atomic E-state index is -0.604. The summed E-state index contributed by atoms with van der Waals surface area (Å²) in [5, 5.41) is -0.633. The SMILES string of the molecule is CC(Cl)C(=O)C(Cl)=CCl. The molecule has 0 saturated carbocycles. The van der Waals surface area contributed by atoms with E-state index in [1.165, 1.54) is 6.92 Å². The number of hydrogen-bond donors (Lipinski definition) is 0. The second-order valence-corrected chi connectivity index (χ2v) is 2.72. The summed E-state index contributed by atoms with van der Waals surface area (Å²) in [6.45, 7) is 1.53. The van der Waals surface area contributed by atoms with Gasteiger partial charge in [-0.25, -0.2) is 0 Å². The number of Topliss-reactive ketones (excluding diaryl/α,β-unsaturated/α-hetero) is 1. The molecule has 0 aromatic heterocycles. The normalized spacial score (nSPS) is 15.3. The van der Waals surface area contributed by atoms with Crippen molar-refractivity contribution in [3.63, 3.8) is 0 Å². The summed E-state index contributed by atoms with van der Waals surface area (Å²) in [5.74, 6) is -0.353. The Morgan fingerprint density at radius 3 is 2.22 bits per heavy atom. The van der Waals surface area contributed by atoms with Crippen LogP contribution in [0, 0.1) is 0 Å². The highest BCUT2D eigenvalue weighted by Gasteiger charge is 2.11. The number of ketones is 1. The van der Waals surface area contributed by atoms with Crippen LogP contribution in [0.25, 0.3) is 0 Å².